The number of rotatable bonds is 11. The van der Waals surface area contributed by atoms with Crippen LogP contribution in [-0.2, 0) is 0 Å². The van der Waals surface area contributed by atoms with E-state index in [-0.39, 0.29) is 0 Å². The van der Waals surface area contributed by atoms with Crippen LogP contribution in [0.5, 0.6) is 0 Å². The van der Waals surface area contributed by atoms with Crippen molar-refractivity contribution in [3.05, 3.63) is 12.2 Å². The second-order valence-electron chi connectivity index (χ2n) is 5.11. The van der Waals surface area contributed by atoms with Crippen LogP contribution in [0.4, 0.5) is 0 Å². The zero-order chi connectivity index (χ0) is 15.6. The maximum absolute atomic E-state index is 9.12. The van der Waals surface area contributed by atoms with Crippen LogP contribution < -0.4 is 0 Å². The fourth-order valence-electron chi connectivity index (χ4n) is 1.92. The van der Waals surface area contributed by atoms with Gasteiger partial charge in [0, 0.05) is 19.3 Å². The van der Waals surface area contributed by atoms with Crippen molar-refractivity contribution in [2.75, 3.05) is 0 Å². The van der Waals surface area contributed by atoms with Crippen LogP contribution in [0.15, 0.2) is 12.2 Å². The van der Waals surface area contributed by atoms with Gasteiger partial charge in [-0.3, -0.25) is 0 Å². The summed E-state index contributed by atoms with van der Waals surface area (Å²) in [5, 5.41) is 9.12. The van der Waals surface area contributed by atoms with Gasteiger partial charge >= 0.3 is 0 Å². The minimum absolute atomic E-state index is 0.724. The first-order valence-electron chi connectivity index (χ1n) is 8.01. The lowest BCUT2D eigenvalue weighted by atomic mass is 10.1. The molecule has 0 amide bonds. The summed E-state index contributed by atoms with van der Waals surface area (Å²) in [7, 11) is 0. The van der Waals surface area contributed by atoms with Gasteiger partial charge in [0.2, 0.25) is 0 Å². The van der Waals surface area contributed by atoms with E-state index in [1.54, 1.807) is 6.08 Å². The summed E-state index contributed by atoms with van der Waals surface area (Å²) in [4.78, 5) is 0. The lowest BCUT2D eigenvalue weighted by Crippen LogP contribution is -1.95. The summed E-state index contributed by atoms with van der Waals surface area (Å²) in [5.74, 6) is 11.3. The van der Waals surface area contributed by atoms with E-state index < -0.39 is 6.10 Å². The molecule has 0 bridgehead atoms. The van der Waals surface area contributed by atoms with Crippen LogP contribution in [0, 0.1) is 36.5 Å². The van der Waals surface area contributed by atoms with Crippen molar-refractivity contribution < 1.29 is 5.11 Å². The number of hydrogen-bond acceptors (Lipinski definition) is 1. The molecule has 1 heteroatoms. The topological polar surface area (TPSA) is 20.2 Å². The molecule has 0 aliphatic rings. The molecule has 0 aliphatic carbocycles. The Kier molecular flexibility index (Phi) is 15.2. The summed E-state index contributed by atoms with van der Waals surface area (Å²) >= 11 is 0. The first-order chi connectivity index (χ1) is 10.3. The molecule has 0 aromatic heterocycles. The third-order valence-electron chi connectivity index (χ3n) is 3.16. The van der Waals surface area contributed by atoms with E-state index in [1.165, 1.54) is 38.5 Å². The first-order valence-corrected chi connectivity index (χ1v) is 8.01. The Bertz CT molecular complexity index is 394. The Morgan fingerprint density at radius 2 is 1.43 bits per heavy atom. The standard InChI is InChI=1S/C20H28O/c1-3-5-6-7-8-9-10-11-12-13-14-15-16-17-18-19-20(21)4-2/h1-2,18-21H,5-7,10-17H2/b19-18+. The maximum Gasteiger partial charge on any atom is 0.133 e. The number of allylic oxidation sites excluding steroid dienone is 1. The Hall–Kier alpha value is -1.62. The largest absolute Gasteiger partial charge is 0.377 e. The molecule has 0 spiro atoms. The molecule has 0 saturated heterocycles. The number of aliphatic hydroxyl groups is 1. The van der Waals surface area contributed by atoms with Gasteiger partial charge in [-0.15, -0.1) is 30.6 Å². The van der Waals surface area contributed by atoms with E-state index in [1.807, 2.05) is 6.08 Å². The highest BCUT2D eigenvalue weighted by Crippen LogP contribution is 2.08. The van der Waals surface area contributed by atoms with Crippen LogP contribution >= 0.6 is 0 Å². The summed E-state index contributed by atoms with van der Waals surface area (Å²) in [6, 6.07) is 0. The summed E-state index contributed by atoms with van der Waals surface area (Å²) in [6.07, 6.45) is 25.4. The SMILES string of the molecule is C#CCCCC#CCCCCCCCC/C=C/C(O)C#C. The van der Waals surface area contributed by atoms with Gasteiger partial charge in [-0.25, -0.2) is 0 Å². The van der Waals surface area contributed by atoms with Gasteiger partial charge < -0.3 is 5.11 Å². The zero-order valence-electron chi connectivity index (χ0n) is 13.1. The molecular weight excluding hydrogens is 256 g/mol. The minimum Gasteiger partial charge on any atom is -0.377 e. The van der Waals surface area contributed by atoms with Crippen LogP contribution in [-0.4, -0.2) is 11.2 Å². The number of unbranched alkanes of at least 4 members (excludes halogenated alkanes) is 9. The molecule has 0 rings (SSSR count). The highest BCUT2D eigenvalue weighted by molar-refractivity contribution is 5.05. The number of hydrogen-bond donors (Lipinski definition) is 1. The minimum atomic E-state index is -0.724. The molecule has 1 N–H and O–H groups in total. The number of aliphatic hydroxyl groups excluding tert-OH is 1. The van der Waals surface area contributed by atoms with Gasteiger partial charge in [-0.05, 0) is 31.8 Å². The van der Waals surface area contributed by atoms with E-state index in [2.05, 4.69) is 23.7 Å². The van der Waals surface area contributed by atoms with Gasteiger partial charge in [0.05, 0.1) is 0 Å². The molecule has 21 heavy (non-hydrogen) atoms. The van der Waals surface area contributed by atoms with E-state index >= 15 is 0 Å². The predicted molar refractivity (Wildman–Crippen MR) is 91.4 cm³/mol. The van der Waals surface area contributed by atoms with E-state index in [0.717, 1.165) is 32.1 Å². The molecule has 0 aromatic rings. The quantitative estimate of drug-likeness (QED) is 0.337. The van der Waals surface area contributed by atoms with Gasteiger partial charge in [0.1, 0.15) is 6.10 Å². The molecule has 0 saturated carbocycles. The molecule has 0 heterocycles. The van der Waals surface area contributed by atoms with Crippen molar-refractivity contribution in [3.63, 3.8) is 0 Å². The fraction of sp³-hybridized carbons (Fsp3) is 0.600. The second-order valence-corrected chi connectivity index (χ2v) is 5.11. The molecule has 1 nitrogen and oxygen atoms in total. The Morgan fingerprint density at radius 3 is 2.10 bits per heavy atom. The average molecular weight is 284 g/mol. The second kappa shape index (κ2) is 16.4. The average Bonchev–Trinajstić information content (AvgIpc) is 2.50. The summed E-state index contributed by atoms with van der Waals surface area (Å²) in [6.45, 7) is 0. The molecular formula is C20H28O. The smallest absolute Gasteiger partial charge is 0.133 e. The first kappa shape index (κ1) is 19.4. The van der Waals surface area contributed by atoms with Crippen molar-refractivity contribution in [3.8, 4) is 36.5 Å². The predicted octanol–water partition coefficient (Wildman–Crippen LogP) is 4.46. The van der Waals surface area contributed by atoms with E-state index in [4.69, 9.17) is 18.0 Å². The highest BCUT2D eigenvalue weighted by atomic mass is 16.3. The molecule has 0 aliphatic heterocycles. The van der Waals surface area contributed by atoms with E-state index in [0.29, 0.717) is 0 Å². The monoisotopic (exact) mass is 284 g/mol. The van der Waals surface area contributed by atoms with Crippen molar-refractivity contribution in [2.45, 2.75) is 76.7 Å². The van der Waals surface area contributed by atoms with Gasteiger partial charge in [0.15, 0.2) is 0 Å². The van der Waals surface area contributed by atoms with Crippen LogP contribution in [0.1, 0.15) is 70.6 Å². The van der Waals surface area contributed by atoms with Gasteiger partial charge in [0.25, 0.3) is 0 Å². The lowest BCUT2D eigenvalue weighted by molar-refractivity contribution is 0.280. The third kappa shape index (κ3) is 16.3. The normalized spacial score (nSPS) is 11.4. The molecule has 0 aromatic carbocycles. The summed E-state index contributed by atoms with van der Waals surface area (Å²) in [5.41, 5.74) is 0. The van der Waals surface area contributed by atoms with Crippen molar-refractivity contribution >= 4 is 0 Å². The third-order valence-corrected chi connectivity index (χ3v) is 3.16. The van der Waals surface area contributed by atoms with Gasteiger partial charge in [-0.2, -0.15) is 0 Å². The maximum atomic E-state index is 9.12. The highest BCUT2D eigenvalue weighted by Gasteiger charge is 1.91. The summed E-state index contributed by atoms with van der Waals surface area (Å²) < 4.78 is 0. The van der Waals surface area contributed by atoms with Crippen molar-refractivity contribution in [2.24, 2.45) is 0 Å². The zero-order valence-corrected chi connectivity index (χ0v) is 13.1. The molecule has 0 fully saturated rings. The van der Waals surface area contributed by atoms with Crippen molar-refractivity contribution in [1.29, 1.82) is 0 Å². The van der Waals surface area contributed by atoms with Crippen LogP contribution in [0.2, 0.25) is 0 Å². The fourth-order valence-corrected chi connectivity index (χ4v) is 1.92. The molecule has 1 atom stereocenters. The van der Waals surface area contributed by atoms with Crippen LogP contribution in [0.3, 0.4) is 0 Å². The molecule has 0 radical (unpaired) electrons. The Balaban J connectivity index is 3.21. The number of terminal acetylenes is 2. The van der Waals surface area contributed by atoms with Gasteiger partial charge in [-0.1, -0.05) is 37.7 Å². The lowest BCUT2D eigenvalue weighted by Gasteiger charge is -1.99. The Labute approximate surface area is 131 Å². The van der Waals surface area contributed by atoms with Crippen molar-refractivity contribution in [1.82, 2.24) is 0 Å². The Morgan fingerprint density at radius 1 is 0.810 bits per heavy atom. The van der Waals surface area contributed by atoms with E-state index in [9.17, 15) is 0 Å². The molecule has 114 valence electrons. The van der Waals surface area contributed by atoms with Crippen LogP contribution in [0.25, 0.3) is 0 Å². The molecule has 1 unspecified atom stereocenters.